The molecule has 0 bridgehead atoms. The standard InChI is InChI=1S/C20H26N4O2/c1-13(2)19-22-18(23-26-19)17-12-14-8-6-7-11-16(14)24(17)20(25)21-15-9-4-3-5-10-15/h6-8,11,13,15,17H,3-5,9-10,12H2,1-2H3,(H,21,25). The van der Waals surface area contributed by atoms with Crippen LogP contribution in [0.2, 0.25) is 0 Å². The lowest BCUT2D eigenvalue weighted by Crippen LogP contribution is -2.46. The second kappa shape index (κ2) is 7.09. The summed E-state index contributed by atoms with van der Waals surface area (Å²) in [5.74, 6) is 1.37. The van der Waals surface area contributed by atoms with Crippen LogP contribution in [0.3, 0.4) is 0 Å². The maximum absolute atomic E-state index is 13.1. The van der Waals surface area contributed by atoms with Crippen molar-refractivity contribution in [1.82, 2.24) is 15.5 Å². The van der Waals surface area contributed by atoms with Crippen LogP contribution in [0.25, 0.3) is 0 Å². The van der Waals surface area contributed by atoms with Crippen molar-refractivity contribution >= 4 is 11.7 Å². The third-order valence-corrected chi connectivity index (χ3v) is 5.38. The second-order valence-electron chi connectivity index (χ2n) is 7.65. The first kappa shape index (κ1) is 17.1. The van der Waals surface area contributed by atoms with Crippen LogP contribution in [0, 0.1) is 0 Å². The molecule has 1 aliphatic carbocycles. The monoisotopic (exact) mass is 354 g/mol. The summed E-state index contributed by atoms with van der Waals surface area (Å²) >= 11 is 0. The summed E-state index contributed by atoms with van der Waals surface area (Å²) in [5.41, 5.74) is 2.09. The van der Waals surface area contributed by atoms with E-state index in [4.69, 9.17) is 4.52 Å². The molecule has 26 heavy (non-hydrogen) atoms. The minimum atomic E-state index is -0.216. The van der Waals surface area contributed by atoms with Gasteiger partial charge in [-0.1, -0.05) is 56.5 Å². The molecule has 1 aromatic heterocycles. The van der Waals surface area contributed by atoms with Gasteiger partial charge in [-0.25, -0.2) is 4.79 Å². The number of fused-ring (bicyclic) bond motifs is 1. The number of benzene rings is 1. The molecule has 2 amide bonds. The summed E-state index contributed by atoms with van der Waals surface area (Å²) in [6.07, 6.45) is 6.48. The maximum Gasteiger partial charge on any atom is 0.322 e. The Labute approximate surface area is 154 Å². The summed E-state index contributed by atoms with van der Waals surface area (Å²) in [4.78, 5) is 19.5. The van der Waals surface area contributed by atoms with Crippen LogP contribution in [0.1, 0.15) is 75.2 Å². The lowest BCUT2D eigenvalue weighted by atomic mass is 9.96. The summed E-state index contributed by atoms with van der Waals surface area (Å²) in [7, 11) is 0. The quantitative estimate of drug-likeness (QED) is 0.890. The van der Waals surface area contributed by atoms with Gasteiger partial charge >= 0.3 is 6.03 Å². The Morgan fingerprint density at radius 3 is 2.73 bits per heavy atom. The number of anilines is 1. The van der Waals surface area contributed by atoms with Crippen LogP contribution in [0.15, 0.2) is 28.8 Å². The fourth-order valence-corrected chi connectivity index (χ4v) is 3.95. The van der Waals surface area contributed by atoms with E-state index in [-0.39, 0.29) is 24.0 Å². The van der Waals surface area contributed by atoms with Crippen molar-refractivity contribution in [2.75, 3.05) is 4.90 Å². The van der Waals surface area contributed by atoms with Crippen LogP contribution in [0.4, 0.5) is 10.5 Å². The number of nitrogens with zero attached hydrogens (tertiary/aromatic N) is 3. The van der Waals surface area contributed by atoms with E-state index in [1.54, 1.807) is 0 Å². The average molecular weight is 354 g/mol. The lowest BCUT2D eigenvalue weighted by Gasteiger charge is -2.28. The molecule has 6 heteroatoms. The molecule has 0 radical (unpaired) electrons. The zero-order chi connectivity index (χ0) is 18.1. The second-order valence-corrected chi connectivity index (χ2v) is 7.65. The molecule has 1 unspecified atom stereocenters. The highest BCUT2D eigenvalue weighted by Crippen LogP contribution is 2.39. The van der Waals surface area contributed by atoms with Gasteiger partial charge in [0, 0.05) is 24.1 Å². The number of hydrogen-bond donors (Lipinski definition) is 1. The number of para-hydroxylation sites is 1. The van der Waals surface area contributed by atoms with E-state index in [1.165, 1.54) is 19.3 Å². The predicted molar refractivity (Wildman–Crippen MR) is 99.2 cm³/mol. The Hall–Kier alpha value is -2.37. The Bertz CT molecular complexity index is 780. The first-order chi connectivity index (χ1) is 12.6. The molecule has 1 aliphatic heterocycles. The highest BCUT2D eigenvalue weighted by atomic mass is 16.5. The fraction of sp³-hybridized carbons (Fsp3) is 0.550. The number of carbonyl (C=O) groups is 1. The Morgan fingerprint density at radius 2 is 2.00 bits per heavy atom. The summed E-state index contributed by atoms with van der Waals surface area (Å²) < 4.78 is 5.40. The van der Waals surface area contributed by atoms with E-state index in [9.17, 15) is 4.79 Å². The zero-order valence-corrected chi connectivity index (χ0v) is 15.4. The topological polar surface area (TPSA) is 71.3 Å². The van der Waals surface area contributed by atoms with Gasteiger partial charge in [-0.2, -0.15) is 4.98 Å². The molecule has 1 fully saturated rings. The SMILES string of the molecule is CC(C)c1nc(C2Cc3ccccc3N2C(=O)NC2CCCCC2)no1. The van der Waals surface area contributed by atoms with Gasteiger partial charge in [0.15, 0.2) is 5.82 Å². The predicted octanol–water partition coefficient (Wildman–Crippen LogP) is 4.34. The third kappa shape index (κ3) is 3.20. The normalized spacial score (nSPS) is 20.4. The molecule has 1 N–H and O–H groups in total. The average Bonchev–Trinajstić information content (AvgIpc) is 3.27. The van der Waals surface area contributed by atoms with E-state index in [0.717, 1.165) is 24.1 Å². The van der Waals surface area contributed by atoms with E-state index < -0.39 is 0 Å². The van der Waals surface area contributed by atoms with Crippen molar-refractivity contribution in [3.05, 3.63) is 41.5 Å². The van der Waals surface area contributed by atoms with Crippen molar-refractivity contribution in [3.8, 4) is 0 Å². The molecule has 1 aromatic carbocycles. The zero-order valence-electron chi connectivity index (χ0n) is 15.4. The van der Waals surface area contributed by atoms with Gasteiger partial charge in [-0.3, -0.25) is 4.90 Å². The highest BCUT2D eigenvalue weighted by molar-refractivity contribution is 5.95. The molecule has 2 heterocycles. The van der Waals surface area contributed by atoms with Crippen LogP contribution in [-0.2, 0) is 6.42 Å². The van der Waals surface area contributed by atoms with E-state index in [0.29, 0.717) is 18.1 Å². The lowest BCUT2D eigenvalue weighted by molar-refractivity contribution is 0.236. The number of rotatable bonds is 3. The number of aromatic nitrogens is 2. The van der Waals surface area contributed by atoms with Crippen LogP contribution >= 0.6 is 0 Å². The van der Waals surface area contributed by atoms with Crippen molar-refractivity contribution in [2.45, 2.75) is 70.4 Å². The van der Waals surface area contributed by atoms with Gasteiger partial charge in [0.25, 0.3) is 0 Å². The van der Waals surface area contributed by atoms with Gasteiger partial charge in [0.05, 0.1) is 0 Å². The van der Waals surface area contributed by atoms with E-state index in [2.05, 4.69) is 21.5 Å². The molecule has 0 saturated heterocycles. The maximum atomic E-state index is 13.1. The van der Waals surface area contributed by atoms with E-state index in [1.807, 2.05) is 36.9 Å². The Morgan fingerprint density at radius 1 is 1.23 bits per heavy atom. The fourth-order valence-electron chi connectivity index (χ4n) is 3.95. The molecular weight excluding hydrogens is 328 g/mol. The first-order valence-electron chi connectivity index (χ1n) is 9.64. The minimum Gasteiger partial charge on any atom is -0.339 e. The van der Waals surface area contributed by atoms with E-state index >= 15 is 0 Å². The smallest absolute Gasteiger partial charge is 0.322 e. The van der Waals surface area contributed by atoms with Crippen LogP contribution < -0.4 is 10.2 Å². The number of urea groups is 1. The number of hydrogen-bond acceptors (Lipinski definition) is 4. The van der Waals surface area contributed by atoms with Crippen molar-refractivity contribution in [2.24, 2.45) is 0 Å². The van der Waals surface area contributed by atoms with Crippen molar-refractivity contribution < 1.29 is 9.32 Å². The molecule has 4 rings (SSSR count). The Balaban J connectivity index is 1.61. The summed E-state index contributed by atoms with van der Waals surface area (Å²) in [6, 6.07) is 8.04. The third-order valence-electron chi connectivity index (χ3n) is 5.38. The molecule has 138 valence electrons. The molecule has 2 aromatic rings. The molecule has 1 atom stereocenters. The van der Waals surface area contributed by atoms with Gasteiger partial charge in [0.1, 0.15) is 6.04 Å². The van der Waals surface area contributed by atoms with Gasteiger partial charge < -0.3 is 9.84 Å². The molecule has 2 aliphatic rings. The van der Waals surface area contributed by atoms with Crippen molar-refractivity contribution in [1.29, 1.82) is 0 Å². The molecule has 6 nitrogen and oxygen atoms in total. The highest BCUT2D eigenvalue weighted by Gasteiger charge is 2.38. The Kier molecular flexibility index (Phi) is 4.66. The number of carbonyl (C=O) groups excluding carboxylic acids is 1. The molecular formula is C20H26N4O2. The number of nitrogens with one attached hydrogen (secondary N) is 1. The summed E-state index contributed by atoms with van der Waals surface area (Å²) in [5, 5.41) is 7.41. The van der Waals surface area contributed by atoms with Gasteiger partial charge in [0.2, 0.25) is 5.89 Å². The number of amides is 2. The molecule has 0 spiro atoms. The summed E-state index contributed by atoms with van der Waals surface area (Å²) in [6.45, 7) is 4.04. The van der Waals surface area contributed by atoms with Crippen LogP contribution in [-0.4, -0.2) is 22.2 Å². The van der Waals surface area contributed by atoms with Crippen molar-refractivity contribution in [3.63, 3.8) is 0 Å². The van der Waals surface area contributed by atoms with Gasteiger partial charge in [-0.05, 0) is 24.5 Å². The largest absolute Gasteiger partial charge is 0.339 e. The van der Waals surface area contributed by atoms with Crippen LogP contribution in [0.5, 0.6) is 0 Å². The van der Waals surface area contributed by atoms with Gasteiger partial charge in [-0.15, -0.1) is 0 Å². The minimum absolute atomic E-state index is 0.0530. The first-order valence-corrected chi connectivity index (χ1v) is 9.64. The molecule has 1 saturated carbocycles.